The monoisotopic (exact) mass is 99.0 g/mol. The molecule has 0 aliphatic rings. The number of hydrogen-bond donors (Lipinski definition) is 1. The van der Waals surface area contributed by atoms with E-state index in [1.165, 1.54) is 0 Å². The topological polar surface area (TPSA) is 88.7 Å². The van der Waals surface area contributed by atoms with Gasteiger partial charge in [0.25, 0.3) is 0 Å². The van der Waals surface area contributed by atoms with Crippen LogP contribution in [0.25, 0.3) is 0 Å². The quantitative estimate of drug-likeness (QED) is 0.477. The molecule has 1 heterocycles. The second kappa shape index (κ2) is 1.11. The highest BCUT2D eigenvalue weighted by molar-refractivity contribution is 5.11. The van der Waals surface area contributed by atoms with E-state index in [4.69, 9.17) is 11.5 Å². The highest BCUT2D eigenvalue weighted by Crippen LogP contribution is 2.00. The maximum Gasteiger partial charge on any atom is 0.336 e. The Bertz CT molecular complexity index is 142. The van der Waals surface area contributed by atoms with Crippen molar-refractivity contribution in [2.45, 2.75) is 0 Å². The second-order valence-electron chi connectivity index (χ2n) is 0.945. The molecule has 1 aromatic heterocycles. The van der Waals surface area contributed by atoms with E-state index >= 15 is 0 Å². The van der Waals surface area contributed by atoms with Crippen LogP contribution in [0, 0.1) is 0 Å². The van der Waals surface area contributed by atoms with Crippen molar-refractivity contribution in [2.24, 2.45) is 0 Å². The van der Waals surface area contributed by atoms with Crippen molar-refractivity contribution in [3.63, 3.8) is 0 Å². The molecule has 0 bridgehead atoms. The molecule has 7 heavy (non-hydrogen) atoms. The Morgan fingerprint density at radius 3 is 2.43 bits per heavy atom. The third-order valence-electron chi connectivity index (χ3n) is 0.441. The van der Waals surface area contributed by atoms with E-state index in [0.29, 0.717) is 0 Å². The summed E-state index contributed by atoms with van der Waals surface area (Å²) in [5.41, 5.74) is 11.5. The minimum atomic E-state index is -0.252. The van der Waals surface area contributed by atoms with Crippen LogP contribution in [-0.2, 0) is 0 Å². The molecule has 37 valence electrons. The summed E-state index contributed by atoms with van der Waals surface area (Å²) in [5.74, 6) is 0. The van der Waals surface area contributed by atoms with Crippen LogP contribution in [0.1, 0.15) is 0 Å². The molecule has 0 aliphatic heterocycles. The summed E-state index contributed by atoms with van der Waals surface area (Å²) in [5, 5.41) is 6.33. The predicted molar refractivity (Wildman–Crippen MR) is 21.5 cm³/mol. The van der Waals surface area contributed by atoms with E-state index < -0.39 is 0 Å². The summed E-state index contributed by atoms with van der Waals surface area (Å²) in [6.07, 6.45) is 0. The van der Waals surface area contributed by atoms with E-state index in [1.807, 2.05) is 0 Å². The van der Waals surface area contributed by atoms with Crippen LogP contribution in [0.5, 0.6) is 0 Å². The van der Waals surface area contributed by atoms with Crippen molar-refractivity contribution in [1.82, 2.24) is 15.9 Å². The average Bonchev–Trinajstić information content (AvgIpc) is 1.87. The largest absolute Gasteiger partial charge is 0.389 e. The van der Waals surface area contributed by atoms with Gasteiger partial charge in [-0.25, -0.2) is 5.73 Å². The fourth-order valence-corrected chi connectivity index (χ4v) is 0.235. The summed E-state index contributed by atoms with van der Waals surface area (Å²) >= 11 is 0. The van der Waals surface area contributed by atoms with Gasteiger partial charge in [-0.1, -0.05) is 10.2 Å². The maximum absolute atomic E-state index is 6.60. The molecule has 0 unspecified atom stereocenters. The minimum absolute atomic E-state index is 0.0648. The van der Waals surface area contributed by atoms with Gasteiger partial charge in [-0.15, -0.1) is 0 Å². The zero-order chi connectivity index (χ0) is 5.28. The van der Waals surface area contributed by atoms with Gasteiger partial charge in [-0.3, -0.25) is 0 Å². The standard InChI is InChI=1S/C2H3N4O/c3-1-5-6-2(4)7-1/h3H,(H2,4,6). The lowest BCUT2D eigenvalue weighted by molar-refractivity contribution is 0.581. The molecule has 0 aliphatic carbocycles. The molecule has 1 radical (unpaired) electrons. The number of aromatic nitrogens is 2. The van der Waals surface area contributed by atoms with Crippen LogP contribution in [0.3, 0.4) is 0 Å². The zero-order valence-corrected chi connectivity index (χ0v) is 3.38. The van der Waals surface area contributed by atoms with Gasteiger partial charge >= 0.3 is 12.0 Å². The van der Waals surface area contributed by atoms with Crippen molar-refractivity contribution in [3.8, 4) is 0 Å². The summed E-state index contributed by atoms with van der Waals surface area (Å²) in [6, 6.07) is -0.317. The third-order valence-corrected chi connectivity index (χ3v) is 0.441. The van der Waals surface area contributed by atoms with Gasteiger partial charge < -0.3 is 10.2 Å². The Morgan fingerprint density at radius 1 is 1.57 bits per heavy atom. The Kier molecular flexibility index (Phi) is 0.619. The highest BCUT2D eigenvalue weighted by atomic mass is 16.4. The fourth-order valence-electron chi connectivity index (χ4n) is 0.235. The van der Waals surface area contributed by atoms with Crippen LogP contribution in [0.4, 0.5) is 12.0 Å². The van der Waals surface area contributed by atoms with E-state index in [1.54, 1.807) is 0 Å². The van der Waals surface area contributed by atoms with Gasteiger partial charge in [0.15, 0.2) is 0 Å². The first kappa shape index (κ1) is 3.91. The van der Waals surface area contributed by atoms with Crippen LogP contribution in [0.2, 0.25) is 0 Å². The van der Waals surface area contributed by atoms with Gasteiger partial charge in [0.2, 0.25) is 0 Å². The van der Waals surface area contributed by atoms with Crippen molar-refractivity contribution in [2.75, 3.05) is 5.73 Å². The normalized spacial score (nSPS) is 9.14. The minimum Gasteiger partial charge on any atom is -0.389 e. The lowest BCUT2D eigenvalue weighted by Gasteiger charge is -1.69. The molecular formula is C2H3N4O. The van der Waals surface area contributed by atoms with Gasteiger partial charge in [0.05, 0.1) is 0 Å². The summed E-state index contributed by atoms with van der Waals surface area (Å²) < 4.78 is 4.31. The average molecular weight is 99.1 g/mol. The summed E-state index contributed by atoms with van der Waals surface area (Å²) in [7, 11) is 0. The molecule has 1 aromatic rings. The number of nitrogen functional groups attached to an aromatic ring is 1. The molecule has 0 saturated carbocycles. The lowest BCUT2D eigenvalue weighted by atomic mass is 11.2. The third kappa shape index (κ3) is 0.594. The van der Waals surface area contributed by atoms with Gasteiger partial charge in [-0.2, -0.15) is 0 Å². The number of nitrogens with one attached hydrogen (secondary N) is 1. The molecule has 0 spiro atoms. The Morgan fingerprint density at radius 2 is 2.29 bits per heavy atom. The molecule has 3 N–H and O–H groups in total. The zero-order valence-electron chi connectivity index (χ0n) is 3.38. The molecule has 0 fully saturated rings. The Labute approximate surface area is 39.3 Å². The van der Waals surface area contributed by atoms with E-state index in [-0.39, 0.29) is 12.0 Å². The molecule has 0 atom stereocenters. The van der Waals surface area contributed by atoms with E-state index in [9.17, 15) is 0 Å². The molecule has 5 heteroatoms. The predicted octanol–water partition coefficient (Wildman–Crippen LogP) is -0.434. The first-order chi connectivity index (χ1) is 3.29. The number of anilines is 1. The van der Waals surface area contributed by atoms with Crippen molar-refractivity contribution in [3.05, 3.63) is 0 Å². The van der Waals surface area contributed by atoms with Crippen molar-refractivity contribution >= 4 is 12.0 Å². The number of nitrogens with zero attached hydrogens (tertiary/aromatic N) is 2. The highest BCUT2D eigenvalue weighted by Gasteiger charge is 1.92. The van der Waals surface area contributed by atoms with Gasteiger partial charge in [-0.05, 0) is 0 Å². The van der Waals surface area contributed by atoms with Crippen LogP contribution < -0.4 is 11.5 Å². The Balaban J connectivity index is 3.04. The fraction of sp³-hybridized carbons (Fsp3) is 0. The number of nitrogens with two attached hydrogens (primary N) is 1. The van der Waals surface area contributed by atoms with Crippen molar-refractivity contribution in [1.29, 1.82) is 0 Å². The van der Waals surface area contributed by atoms with Gasteiger partial charge in [0.1, 0.15) is 0 Å². The van der Waals surface area contributed by atoms with Crippen LogP contribution in [-0.4, -0.2) is 10.2 Å². The van der Waals surface area contributed by atoms with Crippen LogP contribution in [0.15, 0.2) is 4.42 Å². The molecular weight excluding hydrogens is 96.0 g/mol. The van der Waals surface area contributed by atoms with Crippen molar-refractivity contribution < 1.29 is 4.42 Å². The SMILES string of the molecule is [NH]c1nnc(N)o1. The molecule has 0 amide bonds. The Hall–Kier alpha value is -1.26. The molecule has 0 saturated heterocycles. The molecule has 1 rings (SSSR count). The first-order valence-electron chi connectivity index (χ1n) is 1.59. The smallest absolute Gasteiger partial charge is 0.336 e. The number of rotatable bonds is 0. The van der Waals surface area contributed by atoms with E-state index in [2.05, 4.69) is 14.6 Å². The molecule has 0 aromatic carbocycles. The van der Waals surface area contributed by atoms with Gasteiger partial charge in [0, 0.05) is 0 Å². The number of hydrogen-bond acceptors (Lipinski definition) is 4. The first-order valence-corrected chi connectivity index (χ1v) is 1.59. The summed E-state index contributed by atoms with van der Waals surface area (Å²) in [6.45, 7) is 0. The second-order valence-corrected chi connectivity index (χ2v) is 0.945. The summed E-state index contributed by atoms with van der Waals surface area (Å²) in [4.78, 5) is 0. The maximum atomic E-state index is 6.60. The molecule has 5 nitrogen and oxygen atoms in total. The van der Waals surface area contributed by atoms with E-state index in [0.717, 1.165) is 0 Å². The van der Waals surface area contributed by atoms with Crippen LogP contribution >= 0.6 is 0 Å². The lowest BCUT2D eigenvalue weighted by Crippen LogP contribution is -1.81.